The van der Waals surface area contributed by atoms with E-state index in [1.54, 1.807) is 33.2 Å². The van der Waals surface area contributed by atoms with Gasteiger partial charge in [-0.05, 0) is 29.8 Å². The van der Waals surface area contributed by atoms with Gasteiger partial charge in [0.25, 0.3) is 5.91 Å². The molecule has 2 N–H and O–H groups in total. The average molecular weight is 384 g/mol. The van der Waals surface area contributed by atoms with E-state index in [-0.39, 0.29) is 5.91 Å². The van der Waals surface area contributed by atoms with Crippen LogP contribution in [0.3, 0.4) is 0 Å². The Bertz CT molecular complexity index is 788. The molecule has 0 atom stereocenters. The van der Waals surface area contributed by atoms with Crippen LogP contribution in [0.5, 0.6) is 11.5 Å². The van der Waals surface area contributed by atoms with Crippen LogP contribution < -0.4 is 20.1 Å². The average Bonchev–Trinajstić information content (AvgIpc) is 2.73. The molecule has 28 heavy (non-hydrogen) atoms. The number of nitrogens with one attached hydrogen (secondary N) is 2. The molecule has 0 unspecified atom stereocenters. The molecule has 0 aliphatic carbocycles. The van der Waals surface area contributed by atoms with E-state index in [0.717, 1.165) is 17.1 Å². The van der Waals surface area contributed by atoms with Crippen LogP contribution in [0.2, 0.25) is 0 Å². The first-order chi connectivity index (χ1) is 13.5. The Morgan fingerprint density at radius 2 is 1.79 bits per heavy atom. The van der Waals surface area contributed by atoms with Crippen molar-refractivity contribution >= 4 is 11.9 Å². The van der Waals surface area contributed by atoms with Crippen molar-refractivity contribution in [3.8, 4) is 11.5 Å². The van der Waals surface area contributed by atoms with Gasteiger partial charge in [-0.15, -0.1) is 0 Å². The van der Waals surface area contributed by atoms with E-state index in [2.05, 4.69) is 15.6 Å². The van der Waals surface area contributed by atoms with Gasteiger partial charge in [0.2, 0.25) is 0 Å². The minimum Gasteiger partial charge on any atom is -0.497 e. The molecule has 7 nitrogen and oxygen atoms in total. The molecule has 0 aliphatic heterocycles. The number of aliphatic imine (C=N–C) groups is 1. The van der Waals surface area contributed by atoms with Gasteiger partial charge in [-0.2, -0.15) is 0 Å². The molecule has 0 aromatic heterocycles. The standard InChI is InChI=1S/C21H28N4O3/c1-22-21(23-12-13-28-19-7-5-6-18(14-19)27-4)24-15-16-8-10-17(11-9-16)20(26)25(2)3/h5-11,14H,12-13,15H2,1-4H3,(H2,22,23,24). The van der Waals surface area contributed by atoms with Crippen LogP contribution in [0, 0.1) is 0 Å². The van der Waals surface area contributed by atoms with E-state index in [1.165, 1.54) is 0 Å². The highest BCUT2D eigenvalue weighted by Crippen LogP contribution is 2.18. The lowest BCUT2D eigenvalue weighted by Crippen LogP contribution is -2.38. The Balaban J connectivity index is 1.74. The number of hydrogen-bond donors (Lipinski definition) is 2. The second-order valence-electron chi connectivity index (χ2n) is 6.28. The summed E-state index contributed by atoms with van der Waals surface area (Å²) >= 11 is 0. The van der Waals surface area contributed by atoms with Gasteiger partial charge in [0.15, 0.2) is 5.96 Å². The molecule has 7 heteroatoms. The summed E-state index contributed by atoms with van der Waals surface area (Å²) in [5.41, 5.74) is 1.73. The highest BCUT2D eigenvalue weighted by molar-refractivity contribution is 5.93. The van der Waals surface area contributed by atoms with Gasteiger partial charge in [0, 0.05) is 39.3 Å². The fourth-order valence-corrected chi connectivity index (χ4v) is 2.46. The molecule has 0 saturated heterocycles. The molecular weight excluding hydrogens is 356 g/mol. The maximum absolute atomic E-state index is 11.9. The van der Waals surface area contributed by atoms with Crippen LogP contribution in [-0.2, 0) is 6.54 Å². The third kappa shape index (κ3) is 6.50. The second kappa shape index (κ2) is 10.8. The van der Waals surface area contributed by atoms with Crippen molar-refractivity contribution in [2.45, 2.75) is 6.54 Å². The number of hydrogen-bond acceptors (Lipinski definition) is 4. The highest BCUT2D eigenvalue weighted by Gasteiger charge is 2.07. The van der Waals surface area contributed by atoms with Crippen LogP contribution in [0.25, 0.3) is 0 Å². The maximum Gasteiger partial charge on any atom is 0.253 e. The SMILES string of the molecule is CN=C(NCCOc1cccc(OC)c1)NCc1ccc(C(=O)N(C)C)cc1. The van der Waals surface area contributed by atoms with E-state index in [4.69, 9.17) is 9.47 Å². The van der Waals surface area contributed by atoms with E-state index in [1.807, 2.05) is 48.5 Å². The lowest BCUT2D eigenvalue weighted by Gasteiger charge is -2.13. The fourth-order valence-electron chi connectivity index (χ4n) is 2.46. The number of methoxy groups -OCH3 is 1. The van der Waals surface area contributed by atoms with E-state index in [9.17, 15) is 4.79 Å². The third-order valence-electron chi connectivity index (χ3n) is 4.00. The topological polar surface area (TPSA) is 75.2 Å². The molecule has 0 bridgehead atoms. The van der Waals surface area contributed by atoms with Crippen molar-refractivity contribution < 1.29 is 14.3 Å². The van der Waals surface area contributed by atoms with Gasteiger partial charge < -0.3 is 25.0 Å². The Labute approximate surface area is 166 Å². The number of amides is 1. The number of carbonyl (C=O) groups is 1. The first-order valence-corrected chi connectivity index (χ1v) is 9.05. The molecule has 0 heterocycles. The van der Waals surface area contributed by atoms with Crippen molar-refractivity contribution in [3.63, 3.8) is 0 Å². The van der Waals surface area contributed by atoms with E-state index in [0.29, 0.717) is 31.2 Å². The van der Waals surface area contributed by atoms with Crippen LogP contribution in [0.4, 0.5) is 0 Å². The summed E-state index contributed by atoms with van der Waals surface area (Å²) in [5.74, 6) is 2.20. The lowest BCUT2D eigenvalue weighted by molar-refractivity contribution is 0.0827. The molecular formula is C21H28N4O3. The van der Waals surface area contributed by atoms with Gasteiger partial charge in [0.1, 0.15) is 18.1 Å². The smallest absolute Gasteiger partial charge is 0.253 e. The van der Waals surface area contributed by atoms with E-state index >= 15 is 0 Å². The Morgan fingerprint density at radius 3 is 2.43 bits per heavy atom. The van der Waals surface area contributed by atoms with Crippen LogP contribution in [0.1, 0.15) is 15.9 Å². The normalized spacial score (nSPS) is 10.9. The minimum absolute atomic E-state index is 0.00646. The first kappa shape index (κ1) is 21.1. The quantitative estimate of drug-likeness (QED) is 0.414. The van der Waals surface area contributed by atoms with Gasteiger partial charge >= 0.3 is 0 Å². The summed E-state index contributed by atoms with van der Waals surface area (Å²) < 4.78 is 10.9. The van der Waals surface area contributed by atoms with Crippen molar-refractivity contribution in [3.05, 3.63) is 59.7 Å². The largest absolute Gasteiger partial charge is 0.497 e. The maximum atomic E-state index is 11.9. The number of guanidine groups is 1. The second-order valence-corrected chi connectivity index (χ2v) is 6.28. The summed E-state index contributed by atoms with van der Waals surface area (Å²) in [6, 6.07) is 15.0. The first-order valence-electron chi connectivity index (χ1n) is 9.05. The highest BCUT2D eigenvalue weighted by atomic mass is 16.5. The number of carbonyl (C=O) groups excluding carboxylic acids is 1. The predicted molar refractivity (Wildman–Crippen MR) is 111 cm³/mol. The molecule has 1 amide bonds. The van der Waals surface area contributed by atoms with Crippen LogP contribution in [0.15, 0.2) is 53.5 Å². The molecule has 150 valence electrons. The predicted octanol–water partition coefficient (Wildman–Crippen LogP) is 2.14. The molecule has 2 rings (SSSR count). The van der Waals surface area contributed by atoms with Crippen molar-refractivity contribution in [1.82, 2.24) is 15.5 Å². The molecule has 0 spiro atoms. The fraction of sp³-hybridized carbons (Fsp3) is 0.333. The van der Waals surface area contributed by atoms with Crippen LogP contribution >= 0.6 is 0 Å². The number of rotatable bonds is 8. The number of benzene rings is 2. The molecule has 0 fully saturated rings. The summed E-state index contributed by atoms with van der Waals surface area (Å²) in [5, 5.41) is 6.45. The number of ether oxygens (including phenoxy) is 2. The summed E-state index contributed by atoms with van der Waals surface area (Å²) in [4.78, 5) is 17.7. The van der Waals surface area contributed by atoms with E-state index < -0.39 is 0 Å². The molecule has 0 aliphatic rings. The van der Waals surface area contributed by atoms with Crippen molar-refractivity contribution in [1.29, 1.82) is 0 Å². The van der Waals surface area contributed by atoms with Crippen molar-refractivity contribution in [2.24, 2.45) is 4.99 Å². The zero-order valence-electron chi connectivity index (χ0n) is 16.9. The Morgan fingerprint density at radius 1 is 1.07 bits per heavy atom. The lowest BCUT2D eigenvalue weighted by atomic mass is 10.1. The van der Waals surface area contributed by atoms with Crippen LogP contribution in [-0.4, -0.2) is 58.2 Å². The Hall–Kier alpha value is -3.22. The molecule has 0 radical (unpaired) electrons. The summed E-state index contributed by atoms with van der Waals surface area (Å²) in [7, 11) is 6.83. The minimum atomic E-state index is -0.00646. The molecule has 0 saturated carbocycles. The van der Waals surface area contributed by atoms with Gasteiger partial charge in [-0.3, -0.25) is 9.79 Å². The van der Waals surface area contributed by atoms with Gasteiger partial charge in [0.05, 0.1) is 13.7 Å². The molecule has 2 aromatic rings. The van der Waals surface area contributed by atoms with Gasteiger partial charge in [-0.25, -0.2) is 0 Å². The summed E-state index contributed by atoms with van der Waals surface area (Å²) in [6.07, 6.45) is 0. The van der Waals surface area contributed by atoms with Gasteiger partial charge in [-0.1, -0.05) is 18.2 Å². The third-order valence-corrected chi connectivity index (χ3v) is 4.00. The Kier molecular flexibility index (Phi) is 8.14. The monoisotopic (exact) mass is 384 g/mol. The summed E-state index contributed by atoms with van der Waals surface area (Å²) in [6.45, 7) is 1.70. The number of nitrogens with zero attached hydrogens (tertiary/aromatic N) is 2. The zero-order valence-corrected chi connectivity index (χ0v) is 16.9. The zero-order chi connectivity index (χ0) is 20.4. The molecule has 2 aromatic carbocycles. The van der Waals surface area contributed by atoms with Crippen molar-refractivity contribution in [2.75, 3.05) is 41.4 Å².